The Morgan fingerprint density at radius 1 is 1.29 bits per heavy atom. The molecule has 0 fully saturated rings. The summed E-state index contributed by atoms with van der Waals surface area (Å²) < 4.78 is 26.2. The van der Waals surface area contributed by atoms with E-state index in [1.54, 1.807) is 12.1 Å². The van der Waals surface area contributed by atoms with Crippen molar-refractivity contribution in [1.82, 2.24) is 4.72 Å². The largest absolute Gasteiger partial charge is 0.240 e. The zero-order valence-electron chi connectivity index (χ0n) is 9.49. The Kier molecular flexibility index (Phi) is 5.73. The van der Waals surface area contributed by atoms with Gasteiger partial charge in [0.15, 0.2) is 0 Å². The van der Waals surface area contributed by atoms with E-state index in [0.717, 1.165) is 12.8 Å². The van der Waals surface area contributed by atoms with Gasteiger partial charge in [-0.1, -0.05) is 24.9 Å². The normalized spacial score (nSPS) is 13.6. The highest BCUT2D eigenvalue weighted by molar-refractivity contribution is 7.89. The fourth-order valence-electron chi connectivity index (χ4n) is 1.31. The lowest BCUT2D eigenvalue weighted by Crippen LogP contribution is -2.29. The van der Waals surface area contributed by atoms with E-state index >= 15 is 0 Å². The van der Waals surface area contributed by atoms with Crippen molar-refractivity contribution in [3.63, 3.8) is 0 Å². The number of alkyl halides is 1. The SMILES string of the molecule is CCCC(Cl)CNS(=O)(=O)c1ccc(Cl)cc1. The second kappa shape index (κ2) is 6.59. The van der Waals surface area contributed by atoms with Crippen molar-refractivity contribution >= 4 is 33.2 Å². The molecule has 1 N–H and O–H groups in total. The molecule has 0 radical (unpaired) electrons. The first-order valence-electron chi connectivity index (χ1n) is 5.35. The van der Waals surface area contributed by atoms with Crippen LogP contribution in [0.25, 0.3) is 0 Å². The van der Waals surface area contributed by atoms with E-state index in [4.69, 9.17) is 23.2 Å². The third-order valence-corrected chi connectivity index (χ3v) is 4.28. The van der Waals surface area contributed by atoms with Crippen molar-refractivity contribution in [2.75, 3.05) is 6.54 Å². The van der Waals surface area contributed by atoms with Crippen LogP contribution in [0.15, 0.2) is 29.2 Å². The van der Waals surface area contributed by atoms with Crippen LogP contribution in [-0.2, 0) is 10.0 Å². The fourth-order valence-corrected chi connectivity index (χ4v) is 2.91. The Morgan fingerprint density at radius 3 is 2.41 bits per heavy atom. The van der Waals surface area contributed by atoms with E-state index in [-0.39, 0.29) is 16.8 Å². The van der Waals surface area contributed by atoms with Gasteiger partial charge in [-0.25, -0.2) is 13.1 Å². The number of rotatable bonds is 6. The molecular formula is C11H15Cl2NO2S. The first-order chi connectivity index (χ1) is 7.95. The van der Waals surface area contributed by atoms with Crippen molar-refractivity contribution in [2.24, 2.45) is 0 Å². The predicted octanol–water partition coefficient (Wildman–Crippen LogP) is 3.03. The molecule has 0 amide bonds. The summed E-state index contributed by atoms with van der Waals surface area (Å²) in [5, 5.41) is 0.326. The zero-order chi connectivity index (χ0) is 12.9. The molecule has 1 rings (SSSR count). The summed E-state index contributed by atoms with van der Waals surface area (Å²) in [6.45, 7) is 2.24. The van der Waals surface area contributed by atoms with Crippen LogP contribution in [0.5, 0.6) is 0 Å². The van der Waals surface area contributed by atoms with E-state index in [1.165, 1.54) is 12.1 Å². The number of halogens is 2. The highest BCUT2D eigenvalue weighted by Crippen LogP contribution is 2.14. The summed E-state index contributed by atoms with van der Waals surface area (Å²) in [7, 11) is -3.48. The van der Waals surface area contributed by atoms with Crippen LogP contribution in [0.3, 0.4) is 0 Å². The van der Waals surface area contributed by atoms with Gasteiger partial charge in [0.2, 0.25) is 10.0 Å². The van der Waals surface area contributed by atoms with Crippen LogP contribution >= 0.6 is 23.2 Å². The maximum Gasteiger partial charge on any atom is 0.240 e. The minimum atomic E-state index is -3.48. The number of benzene rings is 1. The van der Waals surface area contributed by atoms with Crippen LogP contribution in [0, 0.1) is 0 Å². The molecule has 96 valence electrons. The van der Waals surface area contributed by atoms with Crippen LogP contribution in [-0.4, -0.2) is 20.3 Å². The van der Waals surface area contributed by atoms with E-state index in [2.05, 4.69) is 4.72 Å². The molecule has 1 unspecified atom stereocenters. The molecule has 1 atom stereocenters. The molecule has 1 aromatic carbocycles. The van der Waals surface area contributed by atoms with E-state index in [0.29, 0.717) is 5.02 Å². The second-order valence-electron chi connectivity index (χ2n) is 3.69. The molecular weight excluding hydrogens is 281 g/mol. The maximum atomic E-state index is 11.8. The first-order valence-corrected chi connectivity index (χ1v) is 7.64. The molecule has 17 heavy (non-hydrogen) atoms. The Labute approximate surface area is 112 Å². The topological polar surface area (TPSA) is 46.2 Å². The average molecular weight is 296 g/mol. The van der Waals surface area contributed by atoms with Gasteiger partial charge in [0.1, 0.15) is 0 Å². The second-order valence-corrected chi connectivity index (χ2v) is 6.51. The van der Waals surface area contributed by atoms with Crippen molar-refractivity contribution < 1.29 is 8.42 Å². The summed E-state index contributed by atoms with van der Waals surface area (Å²) in [5.41, 5.74) is 0. The van der Waals surface area contributed by atoms with E-state index in [9.17, 15) is 8.42 Å². The van der Waals surface area contributed by atoms with Gasteiger partial charge >= 0.3 is 0 Å². The van der Waals surface area contributed by atoms with Crippen LogP contribution in [0.1, 0.15) is 19.8 Å². The number of nitrogens with one attached hydrogen (secondary N) is 1. The third kappa shape index (κ3) is 4.84. The summed E-state index contributed by atoms with van der Waals surface area (Å²) >= 11 is 11.6. The summed E-state index contributed by atoms with van der Waals surface area (Å²) in [5.74, 6) is 0. The van der Waals surface area contributed by atoms with Gasteiger partial charge in [-0.3, -0.25) is 0 Å². The van der Waals surface area contributed by atoms with E-state index in [1.807, 2.05) is 6.92 Å². The lowest BCUT2D eigenvalue weighted by molar-refractivity contribution is 0.577. The van der Waals surface area contributed by atoms with Gasteiger partial charge in [-0.2, -0.15) is 0 Å². The Bertz CT molecular complexity index is 445. The molecule has 0 aliphatic carbocycles. The number of hydrogen-bond acceptors (Lipinski definition) is 2. The summed E-state index contributed by atoms with van der Waals surface area (Å²) in [6, 6.07) is 6.02. The van der Waals surface area contributed by atoms with Crippen molar-refractivity contribution in [1.29, 1.82) is 0 Å². The van der Waals surface area contributed by atoms with Crippen LogP contribution in [0.2, 0.25) is 5.02 Å². The molecule has 0 spiro atoms. The Morgan fingerprint density at radius 2 is 1.88 bits per heavy atom. The van der Waals surface area contributed by atoms with Crippen LogP contribution < -0.4 is 4.72 Å². The fraction of sp³-hybridized carbons (Fsp3) is 0.455. The Balaban J connectivity index is 2.66. The van der Waals surface area contributed by atoms with Gasteiger partial charge < -0.3 is 0 Å². The molecule has 0 aliphatic rings. The molecule has 0 saturated heterocycles. The molecule has 0 aromatic heterocycles. The lowest BCUT2D eigenvalue weighted by Gasteiger charge is -2.10. The maximum absolute atomic E-state index is 11.8. The molecule has 0 saturated carbocycles. The van der Waals surface area contributed by atoms with Crippen molar-refractivity contribution in [3.05, 3.63) is 29.3 Å². The van der Waals surface area contributed by atoms with Gasteiger partial charge in [0.05, 0.1) is 4.90 Å². The molecule has 6 heteroatoms. The highest BCUT2D eigenvalue weighted by Gasteiger charge is 2.15. The van der Waals surface area contributed by atoms with Crippen molar-refractivity contribution in [3.8, 4) is 0 Å². The van der Waals surface area contributed by atoms with Gasteiger partial charge in [-0.15, -0.1) is 11.6 Å². The monoisotopic (exact) mass is 295 g/mol. The minimum Gasteiger partial charge on any atom is -0.210 e. The number of sulfonamides is 1. The Hall–Kier alpha value is -0.290. The molecule has 3 nitrogen and oxygen atoms in total. The molecule has 1 aromatic rings. The summed E-state index contributed by atoms with van der Waals surface area (Å²) in [4.78, 5) is 0.197. The average Bonchev–Trinajstić information content (AvgIpc) is 2.28. The van der Waals surface area contributed by atoms with Gasteiger partial charge in [0, 0.05) is 16.9 Å². The van der Waals surface area contributed by atoms with Gasteiger partial charge in [0.25, 0.3) is 0 Å². The highest BCUT2D eigenvalue weighted by atomic mass is 35.5. The number of hydrogen-bond donors (Lipinski definition) is 1. The molecule has 0 bridgehead atoms. The quantitative estimate of drug-likeness (QED) is 0.820. The predicted molar refractivity (Wildman–Crippen MR) is 71.2 cm³/mol. The van der Waals surface area contributed by atoms with Crippen LogP contribution in [0.4, 0.5) is 0 Å². The minimum absolute atomic E-state index is 0.179. The smallest absolute Gasteiger partial charge is 0.210 e. The third-order valence-electron chi connectivity index (χ3n) is 2.22. The lowest BCUT2D eigenvalue weighted by atomic mass is 10.2. The molecule has 0 aliphatic heterocycles. The first kappa shape index (κ1) is 14.8. The molecule has 0 heterocycles. The summed E-state index contributed by atoms with van der Waals surface area (Å²) in [6.07, 6.45) is 1.71. The van der Waals surface area contributed by atoms with Gasteiger partial charge in [-0.05, 0) is 30.7 Å². The van der Waals surface area contributed by atoms with Crippen molar-refractivity contribution in [2.45, 2.75) is 30.0 Å². The zero-order valence-corrected chi connectivity index (χ0v) is 11.8. The van der Waals surface area contributed by atoms with E-state index < -0.39 is 10.0 Å². The standard InChI is InChI=1S/C11H15Cl2NO2S/c1-2-3-10(13)8-14-17(15,16)11-6-4-9(12)5-7-11/h4-7,10,14H,2-3,8H2,1H3.